The number of nitrogens with one attached hydrogen (secondary N) is 1. The Hall–Kier alpha value is -3.42. The molecule has 0 aliphatic heterocycles. The van der Waals surface area contributed by atoms with Crippen LogP contribution in [0.15, 0.2) is 53.5 Å². The SMILES string of the molecule is CCOc1ccc(CC(=O)NCCn2nc(-c3ccccn3)n(C)c2=O)cc1. The lowest BCUT2D eigenvalue weighted by molar-refractivity contribution is -0.120. The number of hydrogen-bond donors (Lipinski definition) is 1. The van der Waals surface area contributed by atoms with Crippen LogP contribution in [-0.4, -0.2) is 38.4 Å². The van der Waals surface area contributed by atoms with Gasteiger partial charge in [-0.25, -0.2) is 9.48 Å². The Kier molecular flexibility index (Phi) is 6.21. The lowest BCUT2D eigenvalue weighted by atomic mass is 10.1. The van der Waals surface area contributed by atoms with Crippen LogP contribution in [0.3, 0.4) is 0 Å². The third-order valence-electron chi connectivity index (χ3n) is 4.18. The molecule has 1 aromatic carbocycles. The minimum absolute atomic E-state index is 0.113. The largest absolute Gasteiger partial charge is 0.494 e. The summed E-state index contributed by atoms with van der Waals surface area (Å²) in [4.78, 5) is 28.7. The number of hydrogen-bond acceptors (Lipinski definition) is 5. The summed E-state index contributed by atoms with van der Waals surface area (Å²) in [6.45, 7) is 3.13. The van der Waals surface area contributed by atoms with Crippen molar-refractivity contribution in [2.75, 3.05) is 13.2 Å². The predicted molar refractivity (Wildman–Crippen MR) is 105 cm³/mol. The van der Waals surface area contributed by atoms with Crippen LogP contribution in [0.1, 0.15) is 12.5 Å². The lowest BCUT2D eigenvalue weighted by Gasteiger charge is -2.06. The highest BCUT2D eigenvalue weighted by Gasteiger charge is 2.13. The Morgan fingerprint density at radius 2 is 1.96 bits per heavy atom. The molecule has 0 bridgehead atoms. The van der Waals surface area contributed by atoms with E-state index >= 15 is 0 Å². The number of carbonyl (C=O) groups is 1. The van der Waals surface area contributed by atoms with Gasteiger partial charge < -0.3 is 10.1 Å². The van der Waals surface area contributed by atoms with Gasteiger partial charge in [0.15, 0.2) is 5.82 Å². The molecule has 0 radical (unpaired) electrons. The van der Waals surface area contributed by atoms with E-state index in [2.05, 4.69) is 15.4 Å². The summed E-state index contributed by atoms with van der Waals surface area (Å²) in [5.41, 5.74) is 1.27. The van der Waals surface area contributed by atoms with Crippen molar-refractivity contribution in [3.63, 3.8) is 0 Å². The van der Waals surface area contributed by atoms with Crippen LogP contribution in [0.5, 0.6) is 5.75 Å². The second kappa shape index (κ2) is 8.98. The summed E-state index contributed by atoms with van der Waals surface area (Å²) >= 11 is 0. The molecule has 8 heteroatoms. The van der Waals surface area contributed by atoms with Gasteiger partial charge in [-0.2, -0.15) is 0 Å². The van der Waals surface area contributed by atoms with Gasteiger partial charge >= 0.3 is 5.69 Å². The highest BCUT2D eigenvalue weighted by molar-refractivity contribution is 5.78. The molecule has 2 aromatic heterocycles. The minimum Gasteiger partial charge on any atom is -0.494 e. The molecule has 0 fully saturated rings. The van der Waals surface area contributed by atoms with Crippen molar-refractivity contribution in [2.24, 2.45) is 7.05 Å². The van der Waals surface area contributed by atoms with Gasteiger partial charge in [0.1, 0.15) is 11.4 Å². The van der Waals surface area contributed by atoms with E-state index in [1.54, 1.807) is 25.4 Å². The molecule has 3 aromatic rings. The molecular weight excluding hydrogens is 358 g/mol. The first-order valence-electron chi connectivity index (χ1n) is 9.12. The van der Waals surface area contributed by atoms with E-state index in [4.69, 9.17) is 4.74 Å². The van der Waals surface area contributed by atoms with Crippen molar-refractivity contribution in [1.82, 2.24) is 24.6 Å². The maximum Gasteiger partial charge on any atom is 0.346 e. The molecule has 0 aliphatic rings. The quantitative estimate of drug-likeness (QED) is 0.637. The number of carbonyl (C=O) groups excluding carboxylic acids is 1. The smallest absolute Gasteiger partial charge is 0.346 e. The molecule has 28 heavy (non-hydrogen) atoms. The number of nitrogens with zero attached hydrogens (tertiary/aromatic N) is 4. The van der Waals surface area contributed by atoms with Crippen LogP contribution in [0.25, 0.3) is 11.5 Å². The van der Waals surface area contributed by atoms with E-state index in [-0.39, 0.29) is 24.6 Å². The zero-order valence-corrected chi connectivity index (χ0v) is 16.0. The molecule has 1 amide bonds. The van der Waals surface area contributed by atoms with Crippen molar-refractivity contribution in [3.8, 4) is 17.3 Å². The van der Waals surface area contributed by atoms with Gasteiger partial charge in [-0.05, 0) is 36.8 Å². The zero-order valence-electron chi connectivity index (χ0n) is 16.0. The number of amides is 1. The zero-order chi connectivity index (χ0) is 19.9. The van der Waals surface area contributed by atoms with Crippen LogP contribution < -0.4 is 15.7 Å². The van der Waals surface area contributed by atoms with E-state index in [0.717, 1.165) is 11.3 Å². The first-order valence-corrected chi connectivity index (χ1v) is 9.12. The number of pyridine rings is 1. The number of rotatable bonds is 8. The molecule has 0 unspecified atom stereocenters. The van der Waals surface area contributed by atoms with Crippen molar-refractivity contribution < 1.29 is 9.53 Å². The van der Waals surface area contributed by atoms with Gasteiger partial charge in [-0.3, -0.25) is 14.3 Å². The van der Waals surface area contributed by atoms with Gasteiger partial charge in [0.25, 0.3) is 0 Å². The third kappa shape index (κ3) is 4.64. The summed E-state index contributed by atoms with van der Waals surface area (Å²) in [6, 6.07) is 12.9. The van der Waals surface area contributed by atoms with Gasteiger partial charge in [-0.1, -0.05) is 18.2 Å². The van der Waals surface area contributed by atoms with Gasteiger partial charge in [0.2, 0.25) is 5.91 Å². The average molecular weight is 381 g/mol. The maximum absolute atomic E-state index is 12.3. The third-order valence-corrected chi connectivity index (χ3v) is 4.18. The molecule has 0 saturated heterocycles. The molecule has 2 heterocycles. The average Bonchev–Trinajstić information content (AvgIpc) is 2.99. The number of ether oxygens (including phenoxy) is 1. The van der Waals surface area contributed by atoms with Crippen molar-refractivity contribution >= 4 is 5.91 Å². The summed E-state index contributed by atoms with van der Waals surface area (Å²) in [5.74, 6) is 1.16. The topological polar surface area (TPSA) is 91.0 Å². The van der Waals surface area contributed by atoms with Gasteiger partial charge in [0.05, 0.1) is 19.6 Å². The Morgan fingerprint density at radius 1 is 1.18 bits per heavy atom. The molecule has 0 spiro atoms. The molecule has 1 N–H and O–H groups in total. The van der Waals surface area contributed by atoms with Crippen molar-refractivity contribution in [3.05, 3.63) is 64.7 Å². The van der Waals surface area contributed by atoms with E-state index < -0.39 is 0 Å². The Balaban J connectivity index is 1.55. The second-order valence-corrected chi connectivity index (χ2v) is 6.21. The highest BCUT2D eigenvalue weighted by Crippen LogP contribution is 2.12. The van der Waals surface area contributed by atoms with Crippen LogP contribution >= 0.6 is 0 Å². The molecule has 146 valence electrons. The summed E-state index contributed by atoms with van der Waals surface area (Å²) in [5, 5.41) is 7.15. The lowest BCUT2D eigenvalue weighted by Crippen LogP contribution is -2.32. The fourth-order valence-corrected chi connectivity index (χ4v) is 2.77. The fourth-order valence-electron chi connectivity index (χ4n) is 2.77. The van der Waals surface area contributed by atoms with E-state index in [0.29, 0.717) is 24.7 Å². The van der Waals surface area contributed by atoms with Gasteiger partial charge in [0, 0.05) is 19.8 Å². The first kappa shape index (κ1) is 19.3. The Bertz CT molecular complexity index is 977. The van der Waals surface area contributed by atoms with Crippen LogP contribution in [0.2, 0.25) is 0 Å². The molecule has 0 aliphatic carbocycles. The normalized spacial score (nSPS) is 10.6. The van der Waals surface area contributed by atoms with E-state index in [9.17, 15) is 9.59 Å². The fraction of sp³-hybridized carbons (Fsp3) is 0.300. The highest BCUT2D eigenvalue weighted by atomic mass is 16.5. The molecule has 3 rings (SSSR count). The predicted octanol–water partition coefficient (Wildman–Crippen LogP) is 1.40. The minimum atomic E-state index is -0.249. The van der Waals surface area contributed by atoms with Gasteiger partial charge in [-0.15, -0.1) is 5.10 Å². The van der Waals surface area contributed by atoms with Crippen LogP contribution in [0, 0.1) is 0 Å². The maximum atomic E-state index is 12.3. The molecule has 0 saturated carbocycles. The van der Waals surface area contributed by atoms with Crippen molar-refractivity contribution in [1.29, 1.82) is 0 Å². The summed E-state index contributed by atoms with van der Waals surface area (Å²) in [7, 11) is 1.65. The Morgan fingerprint density at radius 3 is 2.64 bits per heavy atom. The Labute approximate surface area is 162 Å². The van der Waals surface area contributed by atoms with E-state index in [1.165, 1.54) is 9.25 Å². The van der Waals surface area contributed by atoms with Crippen LogP contribution in [0.4, 0.5) is 0 Å². The number of benzene rings is 1. The standard InChI is InChI=1S/C20H23N5O3/c1-3-28-16-9-7-15(8-10-16)14-18(26)22-12-13-25-20(27)24(2)19(23-25)17-6-4-5-11-21-17/h4-11H,3,12-14H2,1-2H3,(H,22,26). The van der Waals surface area contributed by atoms with E-state index in [1.807, 2.05) is 37.3 Å². The van der Waals surface area contributed by atoms with Crippen LogP contribution in [-0.2, 0) is 24.8 Å². The number of aromatic nitrogens is 4. The summed E-state index contributed by atoms with van der Waals surface area (Å²) < 4.78 is 8.17. The second-order valence-electron chi connectivity index (χ2n) is 6.21. The van der Waals surface area contributed by atoms with Crippen molar-refractivity contribution in [2.45, 2.75) is 19.9 Å². The summed E-state index contributed by atoms with van der Waals surface area (Å²) in [6.07, 6.45) is 1.92. The first-order chi connectivity index (χ1) is 13.6. The monoisotopic (exact) mass is 381 g/mol. The molecule has 8 nitrogen and oxygen atoms in total. The molecule has 0 atom stereocenters. The molecular formula is C20H23N5O3.